The second-order valence-electron chi connectivity index (χ2n) is 13.5. The molecule has 47 heavy (non-hydrogen) atoms. The summed E-state index contributed by atoms with van der Waals surface area (Å²) in [5.41, 5.74) is 9.90. The molecule has 2 N–H and O–H groups in total. The van der Waals surface area contributed by atoms with Crippen molar-refractivity contribution in [2.24, 2.45) is 0 Å². The smallest absolute Gasteiger partial charge is 0.253 e. The summed E-state index contributed by atoms with van der Waals surface area (Å²) in [7, 11) is 0. The van der Waals surface area contributed by atoms with Gasteiger partial charge in [-0.1, -0.05) is 88.0 Å². The molecule has 4 aromatic carbocycles. The van der Waals surface area contributed by atoms with Gasteiger partial charge in [0.1, 0.15) is 5.60 Å². The van der Waals surface area contributed by atoms with Crippen LogP contribution in [0.15, 0.2) is 90.7 Å². The summed E-state index contributed by atoms with van der Waals surface area (Å²) < 4.78 is 4.53. The lowest BCUT2D eigenvalue weighted by Gasteiger charge is -2.42. The third kappa shape index (κ3) is 6.27. The molecule has 2 saturated heterocycles. The van der Waals surface area contributed by atoms with E-state index in [9.17, 15) is 9.90 Å². The predicted molar refractivity (Wildman–Crippen MR) is 216 cm³/mol. The first-order valence-electron chi connectivity index (χ1n) is 15.9. The van der Waals surface area contributed by atoms with Gasteiger partial charge in [0.2, 0.25) is 0 Å². The first-order valence-corrected chi connectivity index (χ1v) is 19.0. The second kappa shape index (κ2) is 13.6. The van der Waals surface area contributed by atoms with Crippen molar-refractivity contribution in [3.8, 4) is 22.3 Å². The van der Waals surface area contributed by atoms with E-state index in [0.29, 0.717) is 13.1 Å². The number of aliphatic hydroxyl groups is 1. The van der Waals surface area contributed by atoms with Crippen molar-refractivity contribution in [1.82, 2.24) is 10.2 Å². The first kappa shape index (κ1) is 35.7. The third-order valence-electron chi connectivity index (χ3n) is 10.5. The molecule has 0 aromatic heterocycles. The Labute approximate surface area is 328 Å². The molecule has 0 saturated carbocycles. The van der Waals surface area contributed by atoms with Crippen LogP contribution in [0.2, 0.25) is 0 Å². The molecule has 0 bridgehead atoms. The van der Waals surface area contributed by atoms with Crippen molar-refractivity contribution in [2.75, 3.05) is 26.2 Å². The van der Waals surface area contributed by atoms with Crippen LogP contribution >= 0.6 is 87.7 Å². The number of piperidine rings is 2. The van der Waals surface area contributed by atoms with Crippen LogP contribution in [-0.2, 0) is 15.6 Å². The minimum atomic E-state index is -1.32. The van der Waals surface area contributed by atoms with E-state index in [0.717, 1.165) is 34.9 Å². The minimum Gasteiger partial charge on any atom is -0.381 e. The summed E-state index contributed by atoms with van der Waals surface area (Å²) >= 11 is 14.6. The molecule has 2 heterocycles. The number of carbonyl (C=O) groups excluding carboxylic acids is 1. The second-order valence-corrected chi connectivity index (χ2v) is 17.2. The highest BCUT2D eigenvalue weighted by atomic mass is 127. The van der Waals surface area contributed by atoms with Gasteiger partial charge in [-0.25, -0.2) is 0 Å². The predicted octanol–water partition coefficient (Wildman–Crippen LogP) is 10.4. The Morgan fingerprint density at radius 2 is 0.957 bits per heavy atom. The van der Waals surface area contributed by atoms with E-state index in [4.69, 9.17) is 0 Å². The Kier molecular flexibility index (Phi) is 10.3. The summed E-state index contributed by atoms with van der Waals surface area (Å²) in [5.74, 6) is -0.186. The number of hydrogen-bond acceptors (Lipinski definition) is 3. The Hall–Kier alpha value is -1.08. The molecule has 246 valence electrons. The Morgan fingerprint density at radius 1 is 0.638 bits per heavy atom. The summed E-state index contributed by atoms with van der Waals surface area (Å²) in [6, 6.07) is 26.5. The van der Waals surface area contributed by atoms with Gasteiger partial charge in [-0.05, 0) is 146 Å². The number of carbonyl (C=O) groups is 1. The van der Waals surface area contributed by atoms with Gasteiger partial charge in [-0.3, -0.25) is 4.79 Å². The van der Waals surface area contributed by atoms with Crippen LogP contribution < -0.4 is 5.32 Å². The highest BCUT2D eigenvalue weighted by molar-refractivity contribution is 14.0. The van der Waals surface area contributed by atoms with Crippen LogP contribution in [0.4, 0.5) is 0 Å². The molecular weight excluding hydrogens is 963 g/mol. The van der Waals surface area contributed by atoms with Gasteiger partial charge in [0.05, 0.1) is 0 Å². The Balaban J connectivity index is 0.000000166. The molecule has 2 aliphatic carbocycles. The standard InChI is InChI=1S/C21H21Br2NO2.C17H15Br2N.HI/c1-20(2,26)19(25)24-9-7-21(8-10-24)17-11-13(22)3-5-15(17)16-6-4-14(23)12-18(16)21;18-11-1-3-13-14-4-2-12(19)10-16(14)17(15(13)9-11)5-7-20-8-6-17;/h3-6,11-12,26H,7-10H2,1-2H3;1-4,9-10,20H,5-8H2;1H. The average molecular weight is 1000 g/mol. The van der Waals surface area contributed by atoms with Crippen molar-refractivity contribution in [2.45, 2.75) is 56.0 Å². The summed E-state index contributed by atoms with van der Waals surface area (Å²) in [6.07, 6.45) is 4.09. The SMILES string of the molecule is Brc1ccc2c(c1)C1(CCNCC1)c1cc(Br)ccc1-2.CC(C)(O)C(=O)N1CCC2(CC1)c1cc(Br)ccc1-c1ccc(Br)cc12.I. The van der Waals surface area contributed by atoms with Crippen LogP contribution in [0.25, 0.3) is 22.3 Å². The molecule has 4 aliphatic rings. The van der Waals surface area contributed by atoms with Crippen molar-refractivity contribution in [3.05, 3.63) is 113 Å². The summed E-state index contributed by atoms with van der Waals surface area (Å²) in [4.78, 5) is 14.3. The van der Waals surface area contributed by atoms with Crippen LogP contribution in [0.3, 0.4) is 0 Å². The van der Waals surface area contributed by atoms with Gasteiger partial charge in [0, 0.05) is 41.8 Å². The summed E-state index contributed by atoms with van der Waals surface area (Å²) in [6.45, 7) is 6.62. The molecule has 2 aliphatic heterocycles. The fourth-order valence-electron chi connectivity index (χ4n) is 8.29. The quantitative estimate of drug-likeness (QED) is 0.187. The maximum atomic E-state index is 12.5. The molecule has 2 fully saturated rings. The zero-order valence-corrected chi connectivity index (χ0v) is 35.0. The monoisotopic (exact) mass is 996 g/mol. The number of hydrogen-bond donors (Lipinski definition) is 2. The van der Waals surface area contributed by atoms with Crippen molar-refractivity contribution < 1.29 is 9.90 Å². The number of benzene rings is 4. The first-order chi connectivity index (χ1) is 21.9. The lowest BCUT2D eigenvalue weighted by molar-refractivity contribution is -0.149. The largest absolute Gasteiger partial charge is 0.381 e. The molecule has 9 heteroatoms. The Bertz CT molecular complexity index is 1750. The van der Waals surface area contributed by atoms with E-state index < -0.39 is 5.60 Å². The van der Waals surface area contributed by atoms with Gasteiger partial charge in [-0.15, -0.1) is 24.0 Å². The van der Waals surface area contributed by atoms with Gasteiger partial charge >= 0.3 is 0 Å². The minimum absolute atomic E-state index is 0. The maximum Gasteiger partial charge on any atom is 0.253 e. The lowest BCUT2D eigenvalue weighted by atomic mass is 9.71. The van der Waals surface area contributed by atoms with E-state index >= 15 is 0 Å². The maximum absolute atomic E-state index is 12.5. The van der Waals surface area contributed by atoms with E-state index in [-0.39, 0.29) is 40.7 Å². The van der Waals surface area contributed by atoms with Crippen molar-refractivity contribution in [3.63, 3.8) is 0 Å². The van der Waals surface area contributed by atoms with E-state index in [1.165, 1.54) is 66.3 Å². The van der Waals surface area contributed by atoms with Crippen molar-refractivity contribution in [1.29, 1.82) is 0 Å². The zero-order valence-electron chi connectivity index (χ0n) is 26.3. The molecular formula is C38H37Br4IN2O2. The number of nitrogens with zero attached hydrogens (tertiary/aromatic N) is 1. The van der Waals surface area contributed by atoms with Gasteiger partial charge in [-0.2, -0.15) is 0 Å². The van der Waals surface area contributed by atoms with Crippen LogP contribution in [0.1, 0.15) is 61.8 Å². The van der Waals surface area contributed by atoms with Gasteiger partial charge < -0.3 is 15.3 Å². The molecule has 0 unspecified atom stereocenters. The fraction of sp³-hybridized carbons (Fsp3) is 0.342. The Morgan fingerprint density at radius 3 is 1.28 bits per heavy atom. The highest BCUT2D eigenvalue weighted by Gasteiger charge is 2.47. The van der Waals surface area contributed by atoms with Gasteiger partial charge in [0.25, 0.3) is 5.91 Å². The molecule has 4 nitrogen and oxygen atoms in total. The number of likely N-dealkylation sites (tertiary alicyclic amines) is 1. The number of fused-ring (bicyclic) bond motifs is 10. The van der Waals surface area contributed by atoms with Crippen LogP contribution in [0, 0.1) is 0 Å². The fourth-order valence-corrected chi connectivity index (χ4v) is 9.73. The number of rotatable bonds is 1. The number of amides is 1. The molecule has 0 radical (unpaired) electrons. The highest BCUT2D eigenvalue weighted by Crippen LogP contribution is 2.56. The zero-order chi connectivity index (χ0) is 32.4. The molecule has 1 amide bonds. The summed E-state index contributed by atoms with van der Waals surface area (Å²) in [5, 5.41) is 13.6. The molecule has 8 rings (SSSR count). The average Bonchev–Trinajstić information content (AvgIpc) is 3.43. The number of nitrogens with one attached hydrogen (secondary N) is 1. The lowest BCUT2D eigenvalue weighted by Crippen LogP contribution is -2.51. The third-order valence-corrected chi connectivity index (χ3v) is 12.4. The van der Waals surface area contributed by atoms with Gasteiger partial charge in [0.15, 0.2) is 0 Å². The van der Waals surface area contributed by atoms with E-state index in [1.807, 2.05) is 0 Å². The van der Waals surface area contributed by atoms with Crippen LogP contribution in [-0.4, -0.2) is 47.7 Å². The van der Waals surface area contributed by atoms with Crippen LogP contribution in [0.5, 0.6) is 0 Å². The van der Waals surface area contributed by atoms with E-state index in [1.54, 1.807) is 18.7 Å². The van der Waals surface area contributed by atoms with E-state index in [2.05, 4.69) is 142 Å². The molecule has 2 spiro atoms. The number of halogens is 5. The topological polar surface area (TPSA) is 52.6 Å². The van der Waals surface area contributed by atoms with Crippen molar-refractivity contribution >= 4 is 93.6 Å². The molecule has 0 atom stereocenters. The molecule has 4 aromatic rings. The normalized spacial score (nSPS) is 18.0.